The molecule has 2 aromatic heterocycles. The van der Waals surface area contributed by atoms with Crippen LogP contribution in [0.5, 0.6) is 0 Å². The van der Waals surface area contributed by atoms with Crippen molar-refractivity contribution in [2.24, 2.45) is 0 Å². The second kappa shape index (κ2) is 12.0. The quantitative estimate of drug-likeness (QED) is 0.236. The third-order valence-corrected chi connectivity index (χ3v) is 6.99. The van der Waals surface area contributed by atoms with Gasteiger partial charge in [0.25, 0.3) is 12.0 Å². The Hall–Kier alpha value is -4.32. The van der Waals surface area contributed by atoms with Crippen LogP contribution in [0.1, 0.15) is 43.1 Å². The number of aromatic nitrogens is 2. The lowest BCUT2D eigenvalue weighted by Crippen LogP contribution is -2.37. The zero-order valence-corrected chi connectivity index (χ0v) is 22.9. The predicted molar refractivity (Wildman–Crippen MR) is 145 cm³/mol. The molecule has 12 heteroatoms. The second-order valence-corrected chi connectivity index (χ2v) is 9.89. The molecule has 0 amide bonds. The molecule has 1 aliphatic rings. The highest BCUT2D eigenvalue weighted by Gasteiger charge is 2.32. The molecule has 4 aromatic rings. The van der Waals surface area contributed by atoms with Gasteiger partial charge in [0.1, 0.15) is 29.4 Å². The van der Waals surface area contributed by atoms with Crippen LogP contribution in [-0.2, 0) is 31.9 Å². The van der Waals surface area contributed by atoms with Crippen LogP contribution in [0.3, 0.4) is 0 Å². The van der Waals surface area contributed by atoms with E-state index in [2.05, 4.69) is 20.0 Å². The summed E-state index contributed by atoms with van der Waals surface area (Å²) in [5, 5.41) is 2.87. The van der Waals surface area contributed by atoms with Crippen LogP contribution in [0.4, 0.5) is 26.5 Å². The largest absolute Gasteiger partial charge is 0.469 e. The maximum absolute atomic E-state index is 15.3. The first kappa shape index (κ1) is 28.2. The van der Waals surface area contributed by atoms with Crippen LogP contribution in [0.15, 0.2) is 45.4 Å². The first-order chi connectivity index (χ1) is 19.7. The smallest absolute Gasteiger partial charge is 0.305 e. The molecule has 3 heterocycles. The zero-order chi connectivity index (χ0) is 29.1. The van der Waals surface area contributed by atoms with E-state index in [1.807, 2.05) is 4.90 Å². The Labute approximate surface area is 234 Å². The first-order valence-corrected chi connectivity index (χ1v) is 13.3. The van der Waals surface area contributed by atoms with Crippen molar-refractivity contribution in [3.8, 4) is 0 Å². The predicted octanol–water partition coefficient (Wildman–Crippen LogP) is 5.39. The molecule has 41 heavy (non-hydrogen) atoms. The molecule has 216 valence electrons. The van der Waals surface area contributed by atoms with Gasteiger partial charge in [-0.2, -0.15) is 4.98 Å². The van der Waals surface area contributed by atoms with Crippen molar-refractivity contribution in [2.75, 3.05) is 23.9 Å². The Bertz CT molecular complexity index is 1570. The number of aryl methyl sites for hydroxylation is 2. The Kier molecular flexibility index (Phi) is 8.29. The second-order valence-electron chi connectivity index (χ2n) is 9.89. The van der Waals surface area contributed by atoms with Crippen LogP contribution in [0, 0.1) is 18.6 Å². The van der Waals surface area contributed by atoms with Gasteiger partial charge in [0.15, 0.2) is 17.2 Å². The molecule has 0 bridgehead atoms. The maximum atomic E-state index is 15.3. The molecule has 1 fully saturated rings. The Balaban J connectivity index is 1.22. The van der Waals surface area contributed by atoms with E-state index >= 15 is 4.39 Å². The molecule has 0 spiro atoms. The summed E-state index contributed by atoms with van der Waals surface area (Å²) < 4.78 is 51.1. The number of halogens is 2. The fourth-order valence-corrected chi connectivity index (χ4v) is 4.65. The number of oxazole rings is 2. The Morgan fingerprint density at radius 2 is 2.05 bits per heavy atom. The topological polar surface area (TPSA) is 120 Å². The summed E-state index contributed by atoms with van der Waals surface area (Å²) in [5.41, 5.74) is 1.51. The number of nitrogens with zero attached hydrogens (tertiary/aromatic N) is 3. The number of fused-ring (bicyclic) bond motifs is 1. The van der Waals surface area contributed by atoms with Gasteiger partial charge in [0.05, 0.1) is 19.7 Å². The van der Waals surface area contributed by atoms with E-state index in [9.17, 15) is 14.0 Å². The third-order valence-electron chi connectivity index (χ3n) is 6.99. The van der Waals surface area contributed by atoms with Gasteiger partial charge in [-0.05, 0) is 56.0 Å². The Morgan fingerprint density at radius 3 is 2.85 bits per heavy atom. The summed E-state index contributed by atoms with van der Waals surface area (Å²) in [5.74, 6) is -1.23. The van der Waals surface area contributed by atoms with Gasteiger partial charge < -0.3 is 28.5 Å². The number of benzene rings is 2. The average Bonchev–Trinajstić information content (AvgIpc) is 3.71. The highest BCUT2D eigenvalue weighted by molar-refractivity contribution is 5.86. The van der Waals surface area contributed by atoms with E-state index in [4.69, 9.17) is 13.6 Å². The molecule has 5 rings (SSSR count). The average molecular weight is 569 g/mol. The lowest BCUT2D eigenvalue weighted by atomic mass is 10.0. The standard InChI is InChI=1S/C29H30F2N4O6/c1-16-6-8-19(30)14-22(16)34-28-33-21-10-7-18(26(31)27(21)41-28)13-23(36)17(2)39-24-5-4-12-35(24)29-32-15-20(40-29)9-11-25(37)38-3/h6-8,10,14-15,17,24H,4-5,9,11-13H2,1-3H3,(H,33,34)/t17?,24-/m0/s1. The van der Waals surface area contributed by atoms with Crippen molar-refractivity contribution in [3.05, 3.63) is 65.1 Å². The lowest BCUT2D eigenvalue weighted by Gasteiger charge is -2.25. The summed E-state index contributed by atoms with van der Waals surface area (Å²) in [6.45, 7) is 4.05. The number of hydrogen-bond donors (Lipinski definition) is 1. The molecular formula is C29H30F2N4O6. The number of hydrogen-bond acceptors (Lipinski definition) is 10. The van der Waals surface area contributed by atoms with Crippen molar-refractivity contribution in [3.63, 3.8) is 0 Å². The number of carbonyl (C=O) groups excluding carboxylic acids is 2. The molecule has 0 aliphatic carbocycles. The van der Waals surface area contributed by atoms with Gasteiger partial charge >= 0.3 is 5.97 Å². The molecule has 1 aliphatic heterocycles. The summed E-state index contributed by atoms with van der Waals surface area (Å²) in [6.07, 6.45) is 2.09. The Morgan fingerprint density at radius 1 is 1.22 bits per heavy atom. The summed E-state index contributed by atoms with van der Waals surface area (Å²) in [7, 11) is 1.33. The van der Waals surface area contributed by atoms with E-state index < -0.39 is 24.0 Å². The molecule has 2 atom stereocenters. The number of anilines is 3. The van der Waals surface area contributed by atoms with E-state index in [1.54, 1.807) is 32.2 Å². The van der Waals surface area contributed by atoms with Gasteiger partial charge in [-0.3, -0.25) is 9.59 Å². The van der Waals surface area contributed by atoms with Crippen LogP contribution < -0.4 is 10.2 Å². The summed E-state index contributed by atoms with van der Waals surface area (Å²) in [6, 6.07) is 7.66. The molecule has 1 unspecified atom stereocenters. The SMILES string of the molecule is COC(=O)CCc1cnc(N2CCC[C@@H]2OC(C)C(=O)Cc2ccc3nc(Nc4cc(F)ccc4C)oc3c2F)o1. The number of rotatable bonds is 11. The van der Waals surface area contributed by atoms with Crippen molar-refractivity contribution < 1.29 is 36.7 Å². The van der Waals surface area contributed by atoms with Gasteiger partial charge in [0, 0.05) is 25.1 Å². The number of ether oxygens (including phenoxy) is 2. The molecule has 1 saturated heterocycles. The first-order valence-electron chi connectivity index (χ1n) is 13.3. The van der Waals surface area contributed by atoms with E-state index in [1.165, 1.54) is 25.3 Å². The number of carbonyl (C=O) groups is 2. The minimum Gasteiger partial charge on any atom is -0.469 e. The number of methoxy groups -OCH3 is 1. The number of ketones is 1. The van der Waals surface area contributed by atoms with Crippen molar-refractivity contribution >= 4 is 40.6 Å². The number of nitrogens with one attached hydrogen (secondary N) is 1. The van der Waals surface area contributed by atoms with E-state index in [0.717, 1.165) is 12.0 Å². The zero-order valence-electron chi connectivity index (χ0n) is 22.9. The fraction of sp³-hybridized carbons (Fsp3) is 0.379. The normalized spacial score (nSPS) is 15.8. The van der Waals surface area contributed by atoms with Crippen LogP contribution in [0.2, 0.25) is 0 Å². The number of Topliss-reactive ketones (excluding diaryl/α,β-unsaturated/α-hetero) is 1. The summed E-state index contributed by atoms with van der Waals surface area (Å²) >= 11 is 0. The lowest BCUT2D eigenvalue weighted by molar-refractivity contribution is -0.140. The van der Waals surface area contributed by atoms with Crippen molar-refractivity contribution in [2.45, 2.75) is 58.3 Å². The van der Waals surface area contributed by atoms with Crippen LogP contribution in [0.25, 0.3) is 11.1 Å². The fourth-order valence-electron chi connectivity index (χ4n) is 4.65. The molecule has 0 radical (unpaired) electrons. The van der Waals surface area contributed by atoms with Gasteiger partial charge in [-0.25, -0.2) is 13.8 Å². The molecule has 0 saturated carbocycles. The van der Waals surface area contributed by atoms with Gasteiger partial charge in [-0.1, -0.05) is 12.1 Å². The monoisotopic (exact) mass is 568 g/mol. The third kappa shape index (κ3) is 6.37. The van der Waals surface area contributed by atoms with E-state index in [0.29, 0.717) is 36.8 Å². The molecule has 1 N–H and O–H groups in total. The highest BCUT2D eigenvalue weighted by Crippen LogP contribution is 2.30. The van der Waals surface area contributed by atoms with Crippen molar-refractivity contribution in [1.29, 1.82) is 0 Å². The van der Waals surface area contributed by atoms with Crippen LogP contribution >= 0.6 is 0 Å². The van der Waals surface area contributed by atoms with Crippen molar-refractivity contribution in [1.82, 2.24) is 9.97 Å². The molecule has 10 nitrogen and oxygen atoms in total. The maximum Gasteiger partial charge on any atom is 0.305 e. The van der Waals surface area contributed by atoms with Gasteiger partial charge in [-0.15, -0.1) is 0 Å². The summed E-state index contributed by atoms with van der Waals surface area (Å²) in [4.78, 5) is 34.8. The molecule has 2 aromatic carbocycles. The minimum atomic E-state index is -0.827. The molecular weight excluding hydrogens is 538 g/mol. The minimum absolute atomic E-state index is 0.00842. The van der Waals surface area contributed by atoms with E-state index in [-0.39, 0.29) is 47.3 Å². The van der Waals surface area contributed by atoms with Gasteiger partial charge in [0.2, 0.25) is 0 Å². The number of esters is 1. The highest BCUT2D eigenvalue weighted by atomic mass is 19.1. The van der Waals surface area contributed by atoms with Crippen LogP contribution in [-0.4, -0.2) is 47.7 Å².